The molecule has 15 nitrogen and oxygen atoms in total. The molecule has 0 spiro atoms. The van der Waals surface area contributed by atoms with Crippen molar-refractivity contribution < 1.29 is 34.2 Å². The van der Waals surface area contributed by atoms with E-state index in [4.69, 9.17) is 22.9 Å². The van der Waals surface area contributed by atoms with Gasteiger partial charge in [-0.2, -0.15) is 0 Å². The van der Waals surface area contributed by atoms with Gasteiger partial charge in [-0.25, -0.2) is 4.79 Å². The quantitative estimate of drug-likeness (QED) is 0.0480. The molecule has 0 fully saturated rings. The molecule has 13 N–H and O–H groups in total. The number of nitrogens with one attached hydrogen (secondary N) is 3. The lowest BCUT2D eigenvalue weighted by Gasteiger charge is -2.26. The van der Waals surface area contributed by atoms with E-state index >= 15 is 0 Å². The molecule has 0 aromatic heterocycles. The average Bonchev–Trinajstić information content (AvgIpc) is 2.82. The van der Waals surface area contributed by atoms with Gasteiger partial charge in [-0.1, -0.05) is 20.3 Å². The van der Waals surface area contributed by atoms with E-state index in [0.717, 1.165) is 0 Å². The van der Waals surface area contributed by atoms with Gasteiger partial charge in [-0.15, -0.1) is 0 Å². The Hall–Kier alpha value is -3.46. The molecule has 0 saturated heterocycles. The standard InChI is InChI=1S/C22H42N8O7/c1-3-12(2)17(21(36)37)30-19(34)14(8-4-5-9-23)28-20(35)15(11-16(31)32)29-18(33)13(24)7-6-10-27-22(25)26/h12-15,17H,3-11,23-24H2,1-2H3,(H,28,35)(H,29,33)(H,30,34)(H,31,32)(H,36,37)(H4,25,26,27). The summed E-state index contributed by atoms with van der Waals surface area (Å²) in [5.74, 6) is -5.51. The van der Waals surface area contributed by atoms with Crippen LogP contribution in [0, 0.1) is 5.92 Å². The van der Waals surface area contributed by atoms with Gasteiger partial charge in [-0.3, -0.25) is 24.2 Å². The molecular formula is C22H42N8O7. The average molecular weight is 531 g/mol. The fourth-order valence-electron chi connectivity index (χ4n) is 3.28. The summed E-state index contributed by atoms with van der Waals surface area (Å²) in [7, 11) is 0. The summed E-state index contributed by atoms with van der Waals surface area (Å²) in [4.78, 5) is 65.0. The van der Waals surface area contributed by atoms with E-state index in [1.54, 1.807) is 13.8 Å². The molecule has 15 heteroatoms. The second kappa shape index (κ2) is 17.9. The van der Waals surface area contributed by atoms with Crippen LogP contribution in [0.25, 0.3) is 0 Å². The van der Waals surface area contributed by atoms with Crippen molar-refractivity contribution in [1.29, 1.82) is 0 Å². The smallest absolute Gasteiger partial charge is 0.326 e. The number of amides is 3. The maximum atomic E-state index is 12.9. The summed E-state index contributed by atoms with van der Waals surface area (Å²) >= 11 is 0. The predicted molar refractivity (Wildman–Crippen MR) is 136 cm³/mol. The van der Waals surface area contributed by atoms with Crippen LogP contribution < -0.4 is 38.9 Å². The van der Waals surface area contributed by atoms with Gasteiger partial charge in [0.05, 0.1) is 12.5 Å². The zero-order valence-corrected chi connectivity index (χ0v) is 21.4. The Morgan fingerprint density at radius 3 is 1.97 bits per heavy atom. The van der Waals surface area contributed by atoms with Crippen LogP contribution >= 0.6 is 0 Å². The lowest BCUT2D eigenvalue weighted by atomic mass is 9.98. The normalized spacial score (nSPS) is 14.8. The number of hydrogen-bond donors (Lipinski definition) is 9. The van der Waals surface area contributed by atoms with Crippen LogP contribution in [0.4, 0.5) is 0 Å². The first kappa shape index (κ1) is 33.5. The van der Waals surface area contributed by atoms with Gasteiger partial charge in [0.15, 0.2) is 5.96 Å². The van der Waals surface area contributed by atoms with Crippen molar-refractivity contribution in [2.75, 3.05) is 13.1 Å². The van der Waals surface area contributed by atoms with Gasteiger partial charge >= 0.3 is 11.9 Å². The second-order valence-electron chi connectivity index (χ2n) is 8.77. The van der Waals surface area contributed by atoms with E-state index in [1.165, 1.54) is 0 Å². The van der Waals surface area contributed by atoms with Crippen LogP contribution in [0.3, 0.4) is 0 Å². The fraction of sp³-hybridized carbons (Fsp3) is 0.727. The number of carboxylic acid groups (broad SMARTS) is 2. The Bertz CT molecular complexity index is 804. The number of hydrogen-bond acceptors (Lipinski definition) is 8. The third kappa shape index (κ3) is 14.0. The minimum Gasteiger partial charge on any atom is -0.481 e. The first-order valence-electron chi connectivity index (χ1n) is 12.2. The number of carbonyl (C=O) groups excluding carboxylic acids is 3. The molecule has 3 amide bonds. The maximum absolute atomic E-state index is 12.9. The van der Waals surface area contributed by atoms with Crippen LogP contribution in [0.1, 0.15) is 58.8 Å². The van der Waals surface area contributed by atoms with Crippen LogP contribution in [-0.4, -0.2) is 83.1 Å². The number of aliphatic carboxylic acids is 2. The van der Waals surface area contributed by atoms with Crippen molar-refractivity contribution in [3.8, 4) is 0 Å². The number of guanidine groups is 1. The summed E-state index contributed by atoms with van der Waals surface area (Å²) in [6, 6.07) is -4.94. The van der Waals surface area contributed by atoms with Gasteiger partial charge in [-0.05, 0) is 44.6 Å². The van der Waals surface area contributed by atoms with Crippen molar-refractivity contribution in [3.63, 3.8) is 0 Å². The molecule has 0 aromatic carbocycles. The van der Waals surface area contributed by atoms with E-state index in [-0.39, 0.29) is 31.3 Å². The summed E-state index contributed by atoms with van der Waals surface area (Å²) in [5, 5.41) is 25.9. The van der Waals surface area contributed by atoms with E-state index in [9.17, 15) is 34.2 Å². The van der Waals surface area contributed by atoms with E-state index in [1.807, 2.05) is 0 Å². The van der Waals surface area contributed by atoms with E-state index < -0.39 is 60.2 Å². The number of carboxylic acids is 2. The van der Waals surface area contributed by atoms with Crippen molar-refractivity contribution in [3.05, 3.63) is 0 Å². The van der Waals surface area contributed by atoms with Crippen LogP contribution in [-0.2, 0) is 24.0 Å². The van der Waals surface area contributed by atoms with Crippen molar-refractivity contribution >= 4 is 35.6 Å². The number of nitrogens with two attached hydrogens (primary N) is 4. The zero-order valence-electron chi connectivity index (χ0n) is 21.4. The highest BCUT2D eigenvalue weighted by Gasteiger charge is 2.32. The van der Waals surface area contributed by atoms with Gasteiger partial charge in [0.1, 0.15) is 18.1 Å². The number of carbonyl (C=O) groups is 5. The topological polar surface area (TPSA) is 278 Å². The monoisotopic (exact) mass is 530 g/mol. The molecule has 0 bridgehead atoms. The van der Waals surface area contributed by atoms with E-state index in [0.29, 0.717) is 32.2 Å². The van der Waals surface area contributed by atoms with Crippen LogP contribution in [0.2, 0.25) is 0 Å². The second-order valence-corrected chi connectivity index (χ2v) is 8.77. The van der Waals surface area contributed by atoms with Gasteiger partial charge in [0, 0.05) is 6.54 Å². The van der Waals surface area contributed by atoms with Crippen molar-refractivity contribution in [2.45, 2.75) is 83.0 Å². The van der Waals surface area contributed by atoms with Gasteiger partial charge < -0.3 is 49.1 Å². The first-order chi connectivity index (χ1) is 17.3. The zero-order chi connectivity index (χ0) is 28.5. The molecule has 37 heavy (non-hydrogen) atoms. The molecule has 0 saturated carbocycles. The Labute approximate surface area is 216 Å². The Kier molecular flexibility index (Phi) is 16.2. The molecule has 0 radical (unpaired) electrons. The number of nitrogens with zero attached hydrogens (tertiary/aromatic N) is 1. The Morgan fingerprint density at radius 1 is 0.865 bits per heavy atom. The van der Waals surface area contributed by atoms with Crippen molar-refractivity contribution in [2.24, 2.45) is 33.8 Å². The number of aliphatic imine (C=N–C) groups is 1. The highest BCUT2D eigenvalue weighted by Crippen LogP contribution is 2.10. The fourth-order valence-corrected chi connectivity index (χ4v) is 3.28. The highest BCUT2D eigenvalue weighted by molar-refractivity contribution is 5.95. The summed E-state index contributed by atoms with van der Waals surface area (Å²) in [6.45, 7) is 4.01. The molecular weight excluding hydrogens is 488 g/mol. The molecule has 0 aromatic rings. The molecule has 0 heterocycles. The largest absolute Gasteiger partial charge is 0.481 e. The van der Waals surface area contributed by atoms with Crippen LogP contribution in [0.15, 0.2) is 4.99 Å². The van der Waals surface area contributed by atoms with Gasteiger partial charge in [0.25, 0.3) is 0 Å². The van der Waals surface area contributed by atoms with Crippen LogP contribution in [0.5, 0.6) is 0 Å². The number of rotatable bonds is 19. The SMILES string of the molecule is CCC(C)C(NC(=O)C(CCCCN)NC(=O)C(CC(=O)O)NC(=O)C(N)CCCN=C(N)N)C(=O)O. The molecule has 0 aliphatic heterocycles. The minimum absolute atomic E-state index is 0.111. The number of unbranched alkanes of at least 4 members (excludes halogenated alkanes) is 1. The summed E-state index contributed by atoms with van der Waals surface area (Å²) in [5.41, 5.74) is 21.8. The molecule has 5 unspecified atom stereocenters. The molecule has 5 atom stereocenters. The summed E-state index contributed by atoms with van der Waals surface area (Å²) < 4.78 is 0. The van der Waals surface area contributed by atoms with E-state index in [2.05, 4.69) is 20.9 Å². The molecule has 0 aliphatic carbocycles. The predicted octanol–water partition coefficient (Wildman–Crippen LogP) is -2.44. The third-order valence-electron chi connectivity index (χ3n) is 5.67. The first-order valence-corrected chi connectivity index (χ1v) is 12.2. The molecule has 0 rings (SSSR count). The summed E-state index contributed by atoms with van der Waals surface area (Å²) in [6.07, 6.45) is 1.36. The van der Waals surface area contributed by atoms with Gasteiger partial charge in [0.2, 0.25) is 17.7 Å². The lowest BCUT2D eigenvalue weighted by molar-refractivity contribution is -0.144. The highest BCUT2D eigenvalue weighted by atomic mass is 16.4. The Morgan fingerprint density at radius 2 is 1.46 bits per heavy atom. The molecule has 0 aliphatic rings. The van der Waals surface area contributed by atoms with Crippen molar-refractivity contribution in [1.82, 2.24) is 16.0 Å². The Balaban J connectivity index is 5.49. The third-order valence-corrected chi connectivity index (χ3v) is 5.67. The maximum Gasteiger partial charge on any atom is 0.326 e. The minimum atomic E-state index is -1.52. The molecule has 212 valence electrons. The lowest BCUT2D eigenvalue weighted by Crippen LogP contribution is -2.58.